The first kappa shape index (κ1) is 17.2. The second-order valence-corrected chi connectivity index (χ2v) is 6.61. The molecule has 0 bridgehead atoms. The van der Waals surface area contributed by atoms with Crippen LogP contribution in [0.3, 0.4) is 0 Å². The molecule has 3 rings (SSSR count). The summed E-state index contributed by atoms with van der Waals surface area (Å²) in [7, 11) is 0. The number of carbonyl (C=O) groups is 2. The predicted octanol–water partition coefficient (Wildman–Crippen LogP) is 2.34. The Morgan fingerprint density at radius 1 is 1.16 bits per heavy atom. The largest absolute Gasteiger partial charge is 0.355 e. The van der Waals surface area contributed by atoms with Crippen molar-refractivity contribution in [2.24, 2.45) is 0 Å². The van der Waals surface area contributed by atoms with Crippen LogP contribution in [0.5, 0.6) is 0 Å². The molecule has 2 N–H and O–H groups in total. The number of benzene rings is 1. The third-order valence-corrected chi connectivity index (χ3v) is 4.75. The van der Waals surface area contributed by atoms with Crippen molar-refractivity contribution in [2.45, 2.75) is 19.9 Å². The van der Waals surface area contributed by atoms with Gasteiger partial charge in [-0.2, -0.15) is 0 Å². The van der Waals surface area contributed by atoms with Crippen molar-refractivity contribution in [1.29, 1.82) is 0 Å². The number of hydrogen-bond donors (Lipinski definition) is 2. The van der Waals surface area contributed by atoms with Gasteiger partial charge >= 0.3 is 0 Å². The Hall–Kier alpha value is -2.67. The number of amides is 2. The molecule has 0 aliphatic heterocycles. The summed E-state index contributed by atoms with van der Waals surface area (Å²) in [5, 5.41) is 7.28. The van der Waals surface area contributed by atoms with E-state index in [1.54, 1.807) is 12.1 Å². The highest BCUT2D eigenvalue weighted by Crippen LogP contribution is 2.15. The molecule has 0 aliphatic carbocycles. The molecule has 2 aromatic heterocycles. The Bertz CT molecular complexity index is 870. The molecule has 0 atom stereocenters. The van der Waals surface area contributed by atoms with Crippen LogP contribution < -0.4 is 10.6 Å². The van der Waals surface area contributed by atoms with Crippen LogP contribution in [-0.2, 0) is 11.3 Å². The first-order chi connectivity index (χ1) is 12.1. The van der Waals surface area contributed by atoms with E-state index in [1.165, 1.54) is 11.3 Å². The molecular weight excluding hydrogens is 336 g/mol. The maximum atomic E-state index is 11.8. The van der Waals surface area contributed by atoms with Gasteiger partial charge in [0.2, 0.25) is 5.91 Å². The van der Waals surface area contributed by atoms with E-state index in [1.807, 2.05) is 36.6 Å². The monoisotopic (exact) mass is 356 g/mol. The van der Waals surface area contributed by atoms with E-state index in [0.29, 0.717) is 11.4 Å². The van der Waals surface area contributed by atoms with Gasteiger partial charge in [-0.15, -0.1) is 11.3 Å². The Balaban J connectivity index is 1.41. The van der Waals surface area contributed by atoms with Gasteiger partial charge in [0.1, 0.15) is 5.82 Å². The van der Waals surface area contributed by atoms with Crippen molar-refractivity contribution < 1.29 is 9.59 Å². The average Bonchev–Trinajstić information content (AvgIpc) is 3.24. The molecule has 25 heavy (non-hydrogen) atoms. The summed E-state index contributed by atoms with van der Waals surface area (Å²) in [4.78, 5) is 28.7. The molecule has 2 heterocycles. The van der Waals surface area contributed by atoms with Crippen molar-refractivity contribution in [3.8, 4) is 0 Å². The number of rotatable bonds is 7. The fourth-order valence-electron chi connectivity index (χ4n) is 2.66. The summed E-state index contributed by atoms with van der Waals surface area (Å²) in [5.74, 6) is 0.568. The van der Waals surface area contributed by atoms with Crippen LogP contribution in [0.2, 0.25) is 0 Å². The van der Waals surface area contributed by atoms with Crippen LogP contribution in [0.25, 0.3) is 11.0 Å². The number of para-hydroxylation sites is 2. The highest BCUT2D eigenvalue weighted by Gasteiger charge is 2.09. The van der Waals surface area contributed by atoms with Gasteiger partial charge in [-0.05, 0) is 36.9 Å². The lowest BCUT2D eigenvalue weighted by molar-refractivity contribution is -0.120. The summed E-state index contributed by atoms with van der Waals surface area (Å²) < 4.78 is 2.15. The number of hydrogen-bond acceptors (Lipinski definition) is 4. The minimum Gasteiger partial charge on any atom is -0.355 e. The van der Waals surface area contributed by atoms with E-state index < -0.39 is 0 Å². The van der Waals surface area contributed by atoms with Crippen LogP contribution in [-0.4, -0.2) is 34.5 Å². The normalized spacial score (nSPS) is 10.8. The summed E-state index contributed by atoms with van der Waals surface area (Å²) in [6.07, 6.45) is 0.797. The highest BCUT2D eigenvalue weighted by molar-refractivity contribution is 7.12. The maximum Gasteiger partial charge on any atom is 0.261 e. The number of thiophene rings is 1. The highest BCUT2D eigenvalue weighted by atomic mass is 32.1. The van der Waals surface area contributed by atoms with E-state index in [2.05, 4.69) is 20.2 Å². The SMILES string of the molecule is Cc1nc2ccccc2n1CCCNC(=O)CNC(=O)c1cccs1. The molecule has 0 spiro atoms. The van der Waals surface area contributed by atoms with Crippen molar-refractivity contribution >= 4 is 34.2 Å². The Morgan fingerprint density at radius 2 is 2.00 bits per heavy atom. The lowest BCUT2D eigenvalue weighted by Gasteiger charge is -2.09. The smallest absolute Gasteiger partial charge is 0.261 e. The number of aromatic nitrogens is 2. The number of carbonyl (C=O) groups excluding carboxylic acids is 2. The van der Waals surface area contributed by atoms with Crippen molar-refractivity contribution in [1.82, 2.24) is 20.2 Å². The summed E-state index contributed by atoms with van der Waals surface area (Å²) in [5.41, 5.74) is 2.09. The molecule has 6 nitrogen and oxygen atoms in total. The minimum absolute atomic E-state index is 0.0102. The van der Waals surface area contributed by atoms with Crippen LogP contribution in [0.15, 0.2) is 41.8 Å². The van der Waals surface area contributed by atoms with Crippen molar-refractivity contribution in [2.75, 3.05) is 13.1 Å². The third kappa shape index (κ3) is 4.24. The first-order valence-electron chi connectivity index (χ1n) is 8.15. The van der Waals surface area contributed by atoms with Gasteiger partial charge in [0.15, 0.2) is 0 Å². The molecule has 0 saturated heterocycles. The van der Waals surface area contributed by atoms with E-state index in [9.17, 15) is 9.59 Å². The number of aryl methyl sites for hydroxylation is 2. The molecule has 130 valence electrons. The quantitative estimate of drug-likeness (QED) is 0.638. The molecule has 0 aliphatic rings. The fourth-order valence-corrected chi connectivity index (χ4v) is 3.30. The summed E-state index contributed by atoms with van der Waals surface area (Å²) in [6.45, 7) is 3.32. The number of nitrogens with zero attached hydrogens (tertiary/aromatic N) is 2. The zero-order valence-electron chi connectivity index (χ0n) is 14.0. The van der Waals surface area contributed by atoms with E-state index in [-0.39, 0.29) is 18.4 Å². The van der Waals surface area contributed by atoms with E-state index in [0.717, 1.165) is 29.8 Å². The van der Waals surface area contributed by atoms with Gasteiger partial charge in [0, 0.05) is 13.1 Å². The standard InChI is InChI=1S/C18H20N4O2S/c1-13-21-14-6-2-3-7-15(14)22(13)10-5-9-19-17(23)12-20-18(24)16-8-4-11-25-16/h2-4,6-8,11H,5,9-10,12H2,1H3,(H,19,23)(H,20,24). The van der Waals surface area contributed by atoms with Crippen LogP contribution in [0.1, 0.15) is 21.9 Å². The molecule has 7 heteroatoms. The van der Waals surface area contributed by atoms with Gasteiger partial charge < -0.3 is 15.2 Å². The fraction of sp³-hybridized carbons (Fsp3) is 0.278. The zero-order valence-corrected chi connectivity index (χ0v) is 14.8. The summed E-state index contributed by atoms with van der Waals surface area (Å²) >= 11 is 1.35. The Morgan fingerprint density at radius 3 is 2.80 bits per heavy atom. The number of nitrogens with one attached hydrogen (secondary N) is 2. The molecule has 0 fully saturated rings. The molecule has 2 amide bonds. The lowest BCUT2D eigenvalue weighted by Crippen LogP contribution is -2.37. The van der Waals surface area contributed by atoms with Crippen molar-refractivity contribution in [3.63, 3.8) is 0 Å². The third-order valence-electron chi connectivity index (χ3n) is 3.88. The van der Waals surface area contributed by atoms with Gasteiger partial charge in [-0.25, -0.2) is 4.98 Å². The van der Waals surface area contributed by atoms with Crippen LogP contribution in [0, 0.1) is 6.92 Å². The number of fused-ring (bicyclic) bond motifs is 1. The predicted molar refractivity (Wildman–Crippen MR) is 98.7 cm³/mol. The molecule has 0 saturated carbocycles. The number of imidazole rings is 1. The zero-order chi connectivity index (χ0) is 17.6. The van der Waals surface area contributed by atoms with Gasteiger partial charge in [-0.3, -0.25) is 9.59 Å². The molecule has 1 aromatic carbocycles. The Kier molecular flexibility index (Phi) is 5.45. The molecule has 3 aromatic rings. The van der Waals surface area contributed by atoms with E-state index >= 15 is 0 Å². The van der Waals surface area contributed by atoms with Gasteiger partial charge in [0.05, 0.1) is 22.5 Å². The molecule has 0 unspecified atom stereocenters. The second kappa shape index (κ2) is 7.94. The maximum absolute atomic E-state index is 11.8. The second-order valence-electron chi connectivity index (χ2n) is 5.66. The van der Waals surface area contributed by atoms with Crippen molar-refractivity contribution in [3.05, 3.63) is 52.5 Å². The van der Waals surface area contributed by atoms with Crippen LogP contribution in [0.4, 0.5) is 0 Å². The lowest BCUT2D eigenvalue weighted by atomic mass is 10.3. The van der Waals surface area contributed by atoms with E-state index in [4.69, 9.17) is 0 Å². The molecular formula is C18H20N4O2S. The minimum atomic E-state index is -0.217. The average molecular weight is 356 g/mol. The Labute approximate surface area is 149 Å². The van der Waals surface area contributed by atoms with Crippen LogP contribution >= 0.6 is 11.3 Å². The van der Waals surface area contributed by atoms with Gasteiger partial charge in [-0.1, -0.05) is 18.2 Å². The summed E-state index contributed by atoms with van der Waals surface area (Å²) in [6, 6.07) is 11.6. The van der Waals surface area contributed by atoms with Gasteiger partial charge in [0.25, 0.3) is 5.91 Å². The molecule has 0 radical (unpaired) electrons. The first-order valence-corrected chi connectivity index (χ1v) is 9.03. The topological polar surface area (TPSA) is 76.0 Å².